The quantitative estimate of drug-likeness (QED) is 0.801. The number of amides is 1. The van der Waals surface area contributed by atoms with E-state index in [9.17, 15) is 4.79 Å². The van der Waals surface area contributed by atoms with Gasteiger partial charge in [0.15, 0.2) is 0 Å². The van der Waals surface area contributed by atoms with Crippen LogP contribution in [0.25, 0.3) is 0 Å². The van der Waals surface area contributed by atoms with E-state index in [2.05, 4.69) is 42.8 Å². The van der Waals surface area contributed by atoms with Crippen LogP contribution in [-0.2, 0) is 4.79 Å². The fourth-order valence-electron chi connectivity index (χ4n) is 3.91. The number of carbonyl (C=O) groups is 1. The van der Waals surface area contributed by atoms with Gasteiger partial charge in [-0.1, -0.05) is 27.7 Å². The minimum atomic E-state index is 0.171. The summed E-state index contributed by atoms with van der Waals surface area (Å²) in [5.41, 5.74) is 0.342. The maximum Gasteiger partial charge on any atom is 0.226 e. The van der Waals surface area contributed by atoms with Gasteiger partial charge in [0, 0.05) is 51.2 Å². The summed E-state index contributed by atoms with van der Waals surface area (Å²) < 4.78 is 0. The molecule has 1 amide bonds. The molecule has 1 aliphatic carbocycles. The Morgan fingerprint density at radius 2 is 1.58 bits per heavy atom. The van der Waals surface area contributed by atoms with Crippen molar-refractivity contribution in [2.45, 2.75) is 33.7 Å². The highest BCUT2D eigenvalue weighted by molar-refractivity contribution is 5.85. The van der Waals surface area contributed by atoms with Gasteiger partial charge < -0.3 is 10.2 Å². The Hall–Kier alpha value is -0.610. The van der Waals surface area contributed by atoms with Crippen LogP contribution in [0.3, 0.4) is 0 Å². The molecule has 1 saturated carbocycles. The van der Waals surface area contributed by atoms with Crippen molar-refractivity contribution in [2.75, 3.05) is 39.3 Å². The number of nitrogens with zero attached hydrogens (tertiary/aromatic N) is 2. The number of nitrogens with one attached hydrogen (secondary N) is 1. The summed E-state index contributed by atoms with van der Waals surface area (Å²) in [5, 5.41) is 3.38. The molecule has 0 radical (unpaired) electrons. The molecule has 3 fully saturated rings. The molecule has 3 rings (SSSR count). The van der Waals surface area contributed by atoms with Gasteiger partial charge in [-0.3, -0.25) is 9.69 Å². The maximum absolute atomic E-state index is 12.5. The molecule has 1 N–H and O–H groups in total. The first-order valence-corrected chi connectivity index (χ1v) is 7.59. The molecule has 0 unspecified atom stereocenters. The normalized spacial score (nSPS) is 31.1. The van der Waals surface area contributed by atoms with Crippen LogP contribution in [0.5, 0.6) is 0 Å². The Balaban J connectivity index is 1.52. The standard InChI is InChI=1S/C15H27N3O/c1-14(2)12(15(14,3)4)13(19)18-9-11(10-18)17-7-5-16-6-8-17/h11-12,16H,5-10H2,1-4H3. The SMILES string of the molecule is CC1(C)C(C(=O)N2CC(N3CCNCC3)C2)C1(C)C. The van der Waals surface area contributed by atoms with E-state index >= 15 is 0 Å². The van der Waals surface area contributed by atoms with Gasteiger partial charge in [0.1, 0.15) is 0 Å². The molecule has 2 aliphatic heterocycles. The van der Waals surface area contributed by atoms with E-state index in [1.165, 1.54) is 0 Å². The molecule has 108 valence electrons. The zero-order chi connectivity index (χ0) is 13.8. The molecule has 0 aromatic rings. The van der Waals surface area contributed by atoms with Crippen LogP contribution in [0.1, 0.15) is 27.7 Å². The molecule has 4 nitrogen and oxygen atoms in total. The summed E-state index contributed by atoms with van der Waals surface area (Å²) in [6.45, 7) is 15.2. The van der Waals surface area contributed by atoms with E-state index in [0.717, 1.165) is 39.3 Å². The average molecular weight is 265 g/mol. The molecule has 0 spiro atoms. The lowest BCUT2D eigenvalue weighted by molar-refractivity contribution is -0.141. The summed E-state index contributed by atoms with van der Waals surface area (Å²) in [4.78, 5) is 17.2. The second kappa shape index (κ2) is 4.19. The van der Waals surface area contributed by atoms with Gasteiger partial charge >= 0.3 is 0 Å². The van der Waals surface area contributed by atoms with Crippen molar-refractivity contribution >= 4 is 5.91 Å². The first-order valence-electron chi connectivity index (χ1n) is 7.59. The third kappa shape index (κ3) is 1.91. The summed E-state index contributed by atoms with van der Waals surface area (Å²) >= 11 is 0. The minimum absolute atomic E-state index is 0.171. The van der Waals surface area contributed by atoms with Gasteiger partial charge in [-0.05, 0) is 10.8 Å². The Labute approximate surface area is 116 Å². The van der Waals surface area contributed by atoms with E-state index in [0.29, 0.717) is 11.9 Å². The van der Waals surface area contributed by atoms with E-state index < -0.39 is 0 Å². The third-order valence-corrected chi connectivity index (χ3v) is 6.11. The molecule has 4 heteroatoms. The van der Waals surface area contributed by atoms with Crippen molar-refractivity contribution in [1.29, 1.82) is 0 Å². The zero-order valence-corrected chi connectivity index (χ0v) is 12.7. The molecular formula is C15H27N3O. The number of hydrogen-bond acceptors (Lipinski definition) is 3. The largest absolute Gasteiger partial charge is 0.339 e. The first-order chi connectivity index (χ1) is 8.85. The van der Waals surface area contributed by atoms with E-state index in [-0.39, 0.29) is 16.7 Å². The molecule has 0 aromatic carbocycles. The van der Waals surface area contributed by atoms with Gasteiger partial charge in [0.25, 0.3) is 0 Å². The number of likely N-dealkylation sites (tertiary alicyclic amines) is 1. The second-order valence-electron chi connectivity index (χ2n) is 7.56. The van der Waals surface area contributed by atoms with Gasteiger partial charge in [0.05, 0.1) is 0 Å². The number of rotatable bonds is 2. The minimum Gasteiger partial charge on any atom is -0.339 e. The van der Waals surface area contributed by atoms with Crippen molar-refractivity contribution in [3.8, 4) is 0 Å². The van der Waals surface area contributed by atoms with Gasteiger partial charge in [-0.25, -0.2) is 0 Å². The third-order valence-electron chi connectivity index (χ3n) is 6.11. The van der Waals surface area contributed by atoms with Crippen LogP contribution >= 0.6 is 0 Å². The molecule has 0 bridgehead atoms. The smallest absolute Gasteiger partial charge is 0.226 e. The number of piperazine rings is 1. The molecule has 19 heavy (non-hydrogen) atoms. The Morgan fingerprint density at radius 1 is 1.05 bits per heavy atom. The van der Waals surface area contributed by atoms with Gasteiger partial charge in [-0.2, -0.15) is 0 Å². The average Bonchev–Trinajstić information content (AvgIpc) is 2.68. The lowest BCUT2D eigenvalue weighted by atomic mass is 10.0. The second-order valence-corrected chi connectivity index (χ2v) is 7.56. The topological polar surface area (TPSA) is 35.6 Å². The monoisotopic (exact) mass is 265 g/mol. The molecule has 3 aliphatic rings. The fraction of sp³-hybridized carbons (Fsp3) is 0.933. The van der Waals surface area contributed by atoms with Crippen LogP contribution in [0.2, 0.25) is 0 Å². The Kier molecular flexibility index (Phi) is 2.95. The van der Waals surface area contributed by atoms with Gasteiger partial charge in [0.2, 0.25) is 5.91 Å². The Bertz CT molecular complexity index is 365. The predicted octanol–water partition coefficient (Wildman–Crippen LogP) is 0.785. The highest BCUT2D eigenvalue weighted by Crippen LogP contribution is 2.68. The molecular weight excluding hydrogens is 238 g/mol. The summed E-state index contributed by atoms with van der Waals surface area (Å²) in [7, 11) is 0. The highest BCUT2D eigenvalue weighted by Gasteiger charge is 2.69. The van der Waals surface area contributed by atoms with Crippen LogP contribution < -0.4 is 5.32 Å². The number of hydrogen-bond donors (Lipinski definition) is 1. The summed E-state index contributed by atoms with van der Waals surface area (Å²) in [6.07, 6.45) is 0. The molecule has 2 saturated heterocycles. The first kappa shape index (κ1) is 13.4. The summed E-state index contributed by atoms with van der Waals surface area (Å²) in [6, 6.07) is 0.607. The van der Waals surface area contributed by atoms with E-state index in [1.54, 1.807) is 0 Å². The highest BCUT2D eigenvalue weighted by atomic mass is 16.2. The lowest BCUT2D eigenvalue weighted by Crippen LogP contribution is -2.64. The van der Waals surface area contributed by atoms with Crippen molar-refractivity contribution in [1.82, 2.24) is 15.1 Å². The van der Waals surface area contributed by atoms with Crippen LogP contribution in [0.4, 0.5) is 0 Å². The molecule has 0 atom stereocenters. The van der Waals surface area contributed by atoms with Crippen LogP contribution in [0, 0.1) is 16.7 Å². The van der Waals surface area contributed by atoms with E-state index in [4.69, 9.17) is 0 Å². The van der Waals surface area contributed by atoms with Crippen molar-refractivity contribution in [3.63, 3.8) is 0 Å². The predicted molar refractivity (Wildman–Crippen MR) is 75.9 cm³/mol. The molecule has 2 heterocycles. The van der Waals surface area contributed by atoms with Crippen molar-refractivity contribution in [3.05, 3.63) is 0 Å². The number of carbonyl (C=O) groups excluding carboxylic acids is 1. The van der Waals surface area contributed by atoms with Crippen LogP contribution in [0.15, 0.2) is 0 Å². The van der Waals surface area contributed by atoms with Crippen molar-refractivity contribution < 1.29 is 4.79 Å². The van der Waals surface area contributed by atoms with Crippen molar-refractivity contribution in [2.24, 2.45) is 16.7 Å². The molecule has 0 aromatic heterocycles. The van der Waals surface area contributed by atoms with Gasteiger partial charge in [-0.15, -0.1) is 0 Å². The Morgan fingerprint density at radius 3 is 2.05 bits per heavy atom. The summed E-state index contributed by atoms with van der Waals surface area (Å²) in [5.74, 6) is 0.616. The van der Waals surface area contributed by atoms with E-state index in [1.807, 2.05) is 0 Å². The lowest BCUT2D eigenvalue weighted by Gasteiger charge is -2.47. The zero-order valence-electron chi connectivity index (χ0n) is 12.7. The van der Waals surface area contributed by atoms with Crippen LogP contribution in [-0.4, -0.2) is 61.0 Å². The fourth-order valence-corrected chi connectivity index (χ4v) is 3.91. The maximum atomic E-state index is 12.5.